The number of rotatable bonds is 3. The van der Waals surface area contributed by atoms with Gasteiger partial charge in [0.05, 0.1) is 11.4 Å². The average Bonchev–Trinajstić information content (AvgIpc) is 2.86. The Hall–Kier alpha value is -1.07. The lowest BCUT2D eigenvalue weighted by Gasteiger charge is -2.15. The lowest BCUT2D eigenvalue weighted by Crippen LogP contribution is -2.25. The van der Waals surface area contributed by atoms with Gasteiger partial charge in [-0.1, -0.05) is 0 Å². The highest BCUT2D eigenvalue weighted by molar-refractivity contribution is 9.10. The van der Waals surface area contributed by atoms with Crippen LogP contribution in [0.4, 0.5) is 0 Å². The standard InChI is InChI=1S/C12H12BrNO2S/c1-8-5-6-17-11(8)12(15)14(2)7-9-3-4-10(13)16-9/h3-6H,7H2,1-2H3. The molecule has 2 aromatic rings. The number of thiophene rings is 1. The number of halogens is 1. The highest BCUT2D eigenvalue weighted by Gasteiger charge is 2.16. The van der Waals surface area contributed by atoms with Crippen molar-refractivity contribution >= 4 is 33.2 Å². The molecule has 0 fully saturated rings. The molecule has 2 heterocycles. The first-order chi connectivity index (χ1) is 8.08. The van der Waals surface area contributed by atoms with Gasteiger partial charge in [-0.15, -0.1) is 11.3 Å². The normalized spacial score (nSPS) is 10.5. The van der Waals surface area contributed by atoms with Gasteiger partial charge in [0, 0.05) is 7.05 Å². The molecule has 2 aromatic heterocycles. The number of aryl methyl sites for hydroxylation is 1. The molecule has 0 unspecified atom stereocenters. The average molecular weight is 314 g/mol. The molecule has 0 aromatic carbocycles. The van der Waals surface area contributed by atoms with Crippen LogP contribution < -0.4 is 0 Å². The van der Waals surface area contributed by atoms with E-state index in [4.69, 9.17) is 4.42 Å². The molecule has 0 aliphatic carbocycles. The summed E-state index contributed by atoms with van der Waals surface area (Å²) in [6, 6.07) is 5.63. The molecule has 90 valence electrons. The van der Waals surface area contributed by atoms with Crippen LogP contribution in [0.25, 0.3) is 0 Å². The van der Waals surface area contributed by atoms with Crippen LogP contribution in [0.1, 0.15) is 21.0 Å². The third-order valence-corrected chi connectivity index (χ3v) is 3.86. The van der Waals surface area contributed by atoms with Crippen molar-refractivity contribution < 1.29 is 9.21 Å². The van der Waals surface area contributed by atoms with E-state index in [1.807, 2.05) is 30.5 Å². The zero-order valence-corrected chi connectivity index (χ0v) is 12.0. The fourth-order valence-corrected chi connectivity index (χ4v) is 2.77. The fourth-order valence-electron chi connectivity index (χ4n) is 1.51. The summed E-state index contributed by atoms with van der Waals surface area (Å²) in [4.78, 5) is 14.6. The fraction of sp³-hybridized carbons (Fsp3) is 0.250. The minimum Gasteiger partial charge on any atom is -0.452 e. The number of carbonyl (C=O) groups is 1. The van der Waals surface area contributed by atoms with E-state index in [9.17, 15) is 4.79 Å². The summed E-state index contributed by atoms with van der Waals surface area (Å²) in [5.41, 5.74) is 1.02. The molecule has 5 heteroatoms. The maximum atomic E-state index is 12.1. The smallest absolute Gasteiger partial charge is 0.264 e. The zero-order chi connectivity index (χ0) is 12.4. The van der Waals surface area contributed by atoms with Gasteiger partial charge in [0.15, 0.2) is 4.67 Å². The van der Waals surface area contributed by atoms with Gasteiger partial charge in [0.1, 0.15) is 5.76 Å². The van der Waals surface area contributed by atoms with Crippen LogP contribution in [0, 0.1) is 6.92 Å². The first-order valence-corrected chi connectivity index (χ1v) is 6.79. The minimum atomic E-state index is 0.0324. The quantitative estimate of drug-likeness (QED) is 0.866. The van der Waals surface area contributed by atoms with Crippen molar-refractivity contribution in [1.82, 2.24) is 4.90 Å². The van der Waals surface area contributed by atoms with Crippen molar-refractivity contribution in [3.8, 4) is 0 Å². The first kappa shape index (κ1) is 12.4. The van der Waals surface area contributed by atoms with E-state index in [1.165, 1.54) is 11.3 Å². The topological polar surface area (TPSA) is 33.5 Å². The third kappa shape index (κ3) is 2.79. The Kier molecular flexibility index (Phi) is 3.69. The zero-order valence-electron chi connectivity index (χ0n) is 9.57. The van der Waals surface area contributed by atoms with E-state index in [1.54, 1.807) is 11.9 Å². The van der Waals surface area contributed by atoms with Gasteiger partial charge in [-0.25, -0.2) is 0 Å². The van der Waals surface area contributed by atoms with Crippen LogP contribution >= 0.6 is 27.3 Å². The van der Waals surface area contributed by atoms with E-state index in [0.717, 1.165) is 16.2 Å². The molecule has 0 saturated carbocycles. The van der Waals surface area contributed by atoms with Crippen LogP contribution in [0.5, 0.6) is 0 Å². The largest absolute Gasteiger partial charge is 0.452 e. The van der Waals surface area contributed by atoms with Crippen molar-refractivity contribution in [3.05, 3.63) is 44.4 Å². The number of hydrogen-bond acceptors (Lipinski definition) is 3. The second-order valence-electron chi connectivity index (χ2n) is 3.80. The highest BCUT2D eigenvalue weighted by Crippen LogP contribution is 2.20. The summed E-state index contributed by atoms with van der Waals surface area (Å²) >= 11 is 4.71. The van der Waals surface area contributed by atoms with E-state index < -0.39 is 0 Å². The summed E-state index contributed by atoms with van der Waals surface area (Å²) in [6.45, 7) is 2.42. The lowest BCUT2D eigenvalue weighted by atomic mass is 10.2. The Balaban J connectivity index is 2.08. The molecule has 0 saturated heterocycles. The van der Waals surface area contributed by atoms with E-state index in [-0.39, 0.29) is 5.91 Å². The number of amides is 1. The molecular weight excluding hydrogens is 302 g/mol. The molecule has 0 bridgehead atoms. The first-order valence-electron chi connectivity index (χ1n) is 5.11. The number of carbonyl (C=O) groups excluding carboxylic acids is 1. The Morgan fingerprint density at radius 3 is 2.76 bits per heavy atom. The van der Waals surface area contributed by atoms with E-state index in [0.29, 0.717) is 11.2 Å². The van der Waals surface area contributed by atoms with E-state index >= 15 is 0 Å². The molecule has 0 atom stereocenters. The highest BCUT2D eigenvalue weighted by atomic mass is 79.9. The van der Waals surface area contributed by atoms with Crippen molar-refractivity contribution in [2.45, 2.75) is 13.5 Å². The van der Waals surface area contributed by atoms with Crippen molar-refractivity contribution in [3.63, 3.8) is 0 Å². The molecule has 0 aliphatic heterocycles. The molecule has 3 nitrogen and oxygen atoms in total. The van der Waals surface area contributed by atoms with Gasteiger partial charge in [-0.05, 0) is 52.0 Å². The molecule has 0 N–H and O–H groups in total. The number of nitrogens with zero attached hydrogens (tertiary/aromatic N) is 1. The molecule has 17 heavy (non-hydrogen) atoms. The van der Waals surface area contributed by atoms with E-state index in [2.05, 4.69) is 15.9 Å². The Morgan fingerprint density at radius 1 is 1.47 bits per heavy atom. The van der Waals surface area contributed by atoms with Gasteiger partial charge >= 0.3 is 0 Å². The maximum absolute atomic E-state index is 12.1. The van der Waals surface area contributed by atoms with Crippen LogP contribution in [0.2, 0.25) is 0 Å². The monoisotopic (exact) mass is 313 g/mol. The molecular formula is C12H12BrNO2S. The Morgan fingerprint density at radius 2 is 2.24 bits per heavy atom. The number of hydrogen-bond donors (Lipinski definition) is 0. The predicted octanol–water partition coefficient (Wildman–Crippen LogP) is 3.68. The molecule has 1 amide bonds. The maximum Gasteiger partial charge on any atom is 0.264 e. The van der Waals surface area contributed by atoms with Crippen LogP contribution in [-0.4, -0.2) is 17.9 Å². The van der Waals surface area contributed by atoms with Crippen molar-refractivity contribution in [2.24, 2.45) is 0 Å². The van der Waals surface area contributed by atoms with Crippen molar-refractivity contribution in [1.29, 1.82) is 0 Å². The SMILES string of the molecule is Cc1ccsc1C(=O)N(C)Cc1ccc(Br)o1. The number of furan rings is 1. The van der Waals surface area contributed by atoms with Crippen LogP contribution in [0.15, 0.2) is 32.7 Å². The third-order valence-electron chi connectivity index (χ3n) is 2.42. The molecule has 0 aliphatic rings. The van der Waals surface area contributed by atoms with Gasteiger partial charge < -0.3 is 9.32 Å². The Labute approximate surface area is 112 Å². The van der Waals surface area contributed by atoms with Crippen molar-refractivity contribution in [2.75, 3.05) is 7.05 Å². The molecule has 2 rings (SSSR count). The van der Waals surface area contributed by atoms with Crippen LogP contribution in [-0.2, 0) is 6.54 Å². The minimum absolute atomic E-state index is 0.0324. The Bertz CT molecular complexity index is 532. The summed E-state index contributed by atoms with van der Waals surface area (Å²) in [6.07, 6.45) is 0. The molecule has 0 spiro atoms. The van der Waals surface area contributed by atoms with Gasteiger partial charge in [-0.3, -0.25) is 4.79 Å². The predicted molar refractivity (Wildman–Crippen MR) is 71.3 cm³/mol. The lowest BCUT2D eigenvalue weighted by molar-refractivity contribution is 0.0779. The molecule has 0 radical (unpaired) electrons. The second kappa shape index (κ2) is 5.06. The van der Waals surface area contributed by atoms with Gasteiger partial charge in [0.2, 0.25) is 0 Å². The van der Waals surface area contributed by atoms with Gasteiger partial charge in [0.25, 0.3) is 5.91 Å². The van der Waals surface area contributed by atoms with Crippen LogP contribution in [0.3, 0.4) is 0 Å². The summed E-state index contributed by atoms with van der Waals surface area (Å²) < 4.78 is 6.06. The van der Waals surface area contributed by atoms with Gasteiger partial charge in [-0.2, -0.15) is 0 Å². The summed E-state index contributed by atoms with van der Waals surface area (Å²) in [5.74, 6) is 0.798. The second-order valence-corrected chi connectivity index (χ2v) is 5.50. The summed E-state index contributed by atoms with van der Waals surface area (Å²) in [5, 5.41) is 1.93. The summed E-state index contributed by atoms with van der Waals surface area (Å²) in [7, 11) is 1.78.